The lowest BCUT2D eigenvalue weighted by Crippen LogP contribution is -2.11. The van der Waals surface area contributed by atoms with Gasteiger partial charge in [0.15, 0.2) is 0 Å². The minimum Gasteiger partial charge on any atom is -0.496 e. The molecule has 2 rings (SSSR count). The highest BCUT2D eigenvalue weighted by Crippen LogP contribution is 2.30. The van der Waals surface area contributed by atoms with Crippen molar-refractivity contribution < 1.29 is 33.6 Å². The molecule has 0 radical (unpaired) electrons. The van der Waals surface area contributed by atoms with Crippen molar-refractivity contribution in [1.29, 1.82) is 0 Å². The molecule has 7 heteroatoms. The van der Waals surface area contributed by atoms with Crippen molar-refractivity contribution in [3.8, 4) is 17.2 Å². The van der Waals surface area contributed by atoms with E-state index in [1.807, 2.05) is 0 Å². The van der Waals surface area contributed by atoms with Crippen LogP contribution in [0.3, 0.4) is 0 Å². The number of ether oxygens (including phenoxy) is 4. The molecule has 0 heterocycles. The van der Waals surface area contributed by atoms with E-state index >= 15 is 0 Å². The summed E-state index contributed by atoms with van der Waals surface area (Å²) in [6.07, 6.45) is 0. The number of carbonyl (C=O) groups excluding carboxylic acids is 2. The highest BCUT2D eigenvalue weighted by molar-refractivity contribution is 5.95. The van der Waals surface area contributed by atoms with Crippen LogP contribution in [0.25, 0.3) is 0 Å². The molecule has 2 aromatic carbocycles. The second kappa shape index (κ2) is 8.16. The first-order valence-electron chi connectivity index (χ1n) is 7.30. The van der Waals surface area contributed by atoms with Gasteiger partial charge < -0.3 is 24.1 Å². The molecule has 132 valence electrons. The first kappa shape index (κ1) is 18.3. The molecule has 0 amide bonds. The molecule has 2 aromatic rings. The number of methoxy groups -OCH3 is 3. The molecule has 0 fully saturated rings. The summed E-state index contributed by atoms with van der Waals surface area (Å²) < 4.78 is 20.2. The lowest BCUT2D eigenvalue weighted by molar-refractivity contribution is 0.0600. The summed E-state index contributed by atoms with van der Waals surface area (Å²) in [4.78, 5) is 23.8. The third kappa shape index (κ3) is 4.07. The highest BCUT2D eigenvalue weighted by atomic mass is 16.5. The fourth-order valence-electron chi connectivity index (χ4n) is 2.18. The Kier molecular flexibility index (Phi) is 5.97. The number of carbonyl (C=O) groups is 2. The first-order valence-corrected chi connectivity index (χ1v) is 7.30. The lowest BCUT2D eigenvalue weighted by atomic mass is 10.1. The minimum absolute atomic E-state index is 0.147. The Labute approximate surface area is 144 Å². The van der Waals surface area contributed by atoms with Crippen molar-refractivity contribution >= 4 is 11.9 Å². The Bertz CT molecular complexity index is 766. The van der Waals surface area contributed by atoms with Crippen LogP contribution >= 0.6 is 0 Å². The highest BCUT2D eigenvalue weighted by Gasteiger charge is 2.19. The van der Waals surface area contributed by atoms with Crippen molar-refractivity contribution in [2.24, 2.45) is 0 Å². The van der Waals surface area contributed by atoms with E-state index in [1.165, 1.54) is 57.7 Å². The molecule has 0 aliphatic carbocycles. The summed E-state index contributed by atoms with van der Waals surface area (Å²) in [6.45, 7) is -0.260. The fraction of sp³-hybridized carbons (Fsp3) is 0.222. The van der Waals surface area contributed by atoms with Crippen molar-refractivity contribution in [2.75, 3.05) is 21.3 Å². The van der Waals surface area contributed by atoms with Gasteiger partial charge >= 0.3 is 11.9 Å². The van der Waals surface area contributed by atoms with Crippen LogP contribution in [-0.2, 0) is 11.3 Å². The molecule has 0 saturated carbocycles. The summed E-state index contributed by atoms with van der Waals surface area (Å²) in [5, 5.41) is 9.34. The third-order valence-corrected chi connectivity index (χ3v) is 3.48. The number of benzene rings is 2. The molecule has 25 heavy (non-hydrogen) atoms. The number of esters is 2. The molecule has 0 saturated heterocycles. The van der Waals surface area contributed by atoms with Crippen molar-refractivity contribution in [2.45, 2.75) is 6.61 Å². The Morgan fingerprint density at radius 2 is 1.56 bits per heavy atom. The molecule has 0 spiro atoms. The molecule has 0 bridgehead atoms. The summed E-state index contributed by atoms with van der Waals surface area (Å²) in [5.41, 5.74) is 0.973. The van der Waals surface area contributed by atoms with E-state index in [4.69, 9.17) is 14.2 Å². The molecule has 7 nitrogen and oxygen atoms in total. The van der Waals surface area contributed by atoms with Crippen LogP contribution in [0.4, 0.5) is 0 Å². The zero-order chi connectivity index (χ0) is 18.4. The van der Waals surface area contributed by atoms with Gasteiger partial charge in [0.2, 0.25) is 0 Å². The Morgan fingerprint density at radius 3 is 2.08 bits per heavy atom. The SMILES string of the molecule is COC(=O)c1ccc(OC(=O)c2cc(OC)c(CO)cc2OC)cc1. The zero-order valence-electron chi connectivity index (χ0n) is 14.1. The average molecular weight is 346 g/mol. The van der Waals surface area contributed by atoms with Gasteiger partial charge in [-0.3, -0.25) is 0 Å². The van der Waals surface area contributed by atoms with Crippen molar-refractivity contribution in [3.05, 3.63) is 53.1 Å². The second-order valence-corrected chi connectivity index (χ2v) is 4.93. The topological polar surface area (TPSA) is 91.3 Å². The van der Waals surface area contributed by atoms with Gasteiger partial charge in [0, 0.05) is 5.56 Å². The zero-order valence-corrected chi connectivity index (χ0v) is 14.1. The van der Waals surface area contributed by atoms with Crippen LogP contribution in [0.1, 0.15) is 26.3 Å². The average Bonchev–Trinajstić information content (AvgIpc) is 2.66. The number of hydrogen-bond donors (Lipinski definition) is 1. The summed E-state index contributed by atoms with van der Waals surface area (Å²) in [7, 11) is 4.12. The summed E-state index contributed by atoms with van der Waals surface area (Å²) in [5.74, 6) is -0.295. The monoisotopic (exact) mass is 346 g/mol. The number of hydrogen-bond acceptors (Lipinski definition) is 7. The molecular formula is C18H18O7. The van der Waals surface area contributed by atoms with Crippen molar-refractivity contribution in [3.63, 3.8) is 0 Å². The Hall–Kier alpha value is -3.06. The van der Waals surface area contributed by atoms with E-state index in [-0.39, 0.29) is 23.7 Å². The molecular weight excluding hydrogens is 328 g/mol. The van der Waals surface area contributed by atoms with Gasteiger partial charge in [-0.05, 0) is 36.4 Å². The molecule has 0 aliphatic heterocycles. The van der Waals surface area contributed by atoms with Gasteiger partial charge in [-0.1, -0.05) is 0 Å². The molecule has 0 aromatic heterocycles. The van der Waals surface area contributed by atoms with Gasteiger partial charge in [-0.15, -0.1) is 0 Å². The van der Waals surface area contributed by atoms with Gasteiger partial charge in [0.1, 0.15) is 22.8 Å². The number of rotatable bonds is 6. The van der Waals surface area contributed by atoms with E-state index in [9.17, 15) is 14.7 Å². The number of aliphatic hydroxyl groups excluding tert-OH is 1. The third-order valence-electron chi connectivity index (χ3n) is 3.48. The largest absolute Gasteiger partial charge is 0.496 e. The van der Waals surface area contributed by atoms with E-state index in [1.54, 1.807) is 0 Å². The van der Waals surface area contributed by atoms with Crippen molar-refractivity contribution in [1.82, 2.24) is 0 Å². The summed E-state index contributed by atoms with van der Waals surface area (Å²) >= 11 is 0. The van der Waals surface area contributed by atoms with Crippen LogP contribution in [-0.4, -0.2) is 38.4 Å². The predicted octanol–water partition coefficient (Wildman–Crippen LogP) is 2.20. The first-order chi connectivity index (χ1) is 12.0. The van der Waals surface area contributed by atoms with E-state index in [0.717, 1.165) is 0 Å². The lowest BCUT2D eigenvalue weighted by Gasteiger charge is -2.13. The quantitative estimate of drug-likeness (QED) is 0.633. The molecule has 0 aliphatic rings. The van der Waals surface area contributed by atoms with Crippen LogP contribution in [0, 0.1) is 0 Å². The maximum absolute atomic E-state index is 12.4. The van der Waals surface area contributed by atoms with E-state index < -0.39 is 11.9 Å². The molecule has 1 N–H and O–H groups in total. The Morgan fingerprint density at radius 1 is 0.920 bits per heavy atom. The normalized spacial score (nSPS) is 10.1. The molecule has 0 atom stereocenters. The summed E-state index contributed by atoms with van der Waals surface area (Å²) in [6, 6.07) is 8.89. The van der Waals surface area contributed by atoms with Gasteiger partial charge in [-0.25, -0.2) is 9.59 Å². The van der Waals surface area contributed by atoms with Gasteiger partial charge in [0.05, 0.1) is 33.5 Å². The van der Waals surface area contributed by atoms with Crippen LogP contribution in [0.5, 0.6) is 17.2 Å². The maximum Gasteiger partial charge on any atom is 0.347 e. The minimum atomic E-state index is -0.662. The second-order valence-electron chi connectivity index (χ2n) is 4.93. The predicted molar refractivity (Wildman–Crippen MR) is 88.2 cm³/mol. The van der Waals surface area contributed by atoms with Gasteiger partial charge in [-0.2, -0.15) is 0 Å². The number of aliphatic hydroxyl groups is 1. The standard InChI is InChI=1S/C18H18O7/c1-22-15-9-14(16(23-2)8-12(15)10-19)18(21)25-13-6-4-11(5-7-13)17(20)24-3/h4-9,19H,10H2,1-3H3. The van der Waals surface area contributed by atoms with Gasteiger partial charge in [0.25, 0.3) is 0 Å². The Balaban J connectivity index is 2.27. The van der Waals surface area contributed by atoms with Crippen LogP contribution < -0.4 is 14.2 Å². The fourth-order valence-corrected chi connectivity index (χ4v) is 2.18. The van der Waals surface area contributed by atoms with E-state index in [2.05, 4.69) is 4.74 Å². The maximum atomic E-state index is 12.4. The smallest absolute Gasteiger partial charge is 0.347 e. The van der Waals surface area contributed by atoms with Crippen LogP contribution in [0.2, 0.25) is 0 Å². The van der Waals surface area contributed by atoms with E-state index in [0.29, 0.717) is 16.9 Å². The van der Waals surface area contributed by atoms with Crippen LogP contribution in [0.15, 0.2) is 36.4 Å². The molecule has 0 unspecified atom stereocenters.